The molecule has 19 heavy (non-hydrogen) atoms. The molecule has 1 fully saturated rings. The van der Waals surface area contributed by atoms with Crippen LogP contribution in [0.1, 0.15) is 41.6 Å². The van der Waals surface area contributed by atoms with Gasteiger partial charge >= 0.3 is 6.18 Å². The first kappa shape index (κ1) is 14.7. The summed E-state index contributed by atoms with van der Waals surface area (Å²) in [7, 11) is 1.63. The van der Waals surface area contributed by atoms with E-state index in [0.717, 1.165) is 19.3 Å². The fourth-order valence-electron chi connectivity index (χ4n) is 2.26. The molecule has 0 radical (unpaired) electrons. The lowest BCUT2D eigenvalue weighted by atomic mass is 9.75. The lowest BCUT2D eigenvalue weighted by molar-refractivity contribution is -0.137. The van der Waals surface area contributed by atoms with E-state index in [4.69, 9.17) is 10.6 Å². The van der Waals surface area contributed by atoms with Crippen molar-refractivity contribution in [1.82, 2.24) is 10.4 Å². The lowest BCUT2D eigenvalue weighted by Crippen LogP contribution is -2.43. The molecule has 0 aliphatic heterocycles. The highest BCUT2D eigenvalue weighted by Crippen LogP contribution is 2.43. The second-order valence-corrected chi connectivity index (χ2v) is 5.79. The SMILES string of the molecule is COC1(CC(NN)c2cnc(C(F)(F)F)s2)CCC1. The Hall–Kier alpha value is -0.700. The van der Waals surface area contributed by atoms with Gasteiger partial charge in [0.2, 0.25) is 0 Å². The monoisotopic (exact) mass is 295 g/mol. The molecule has 0 amide bonds. The van der Waals surface area contributed by atoms with Gasteiger partial charge in [0.1, 0.15) is 0 Å². The van der Waals surface area contributed by atoms with Gasteiger partial charge in [0.05, 0.1) is 11.6 Å². The van der Waals surface area contributed by atoms with Crippen LogP contribution in [0.4, 0.5) is 13.2 Å². The maximum Gasteiger partial charge on any atom is 0.443 e. The molecule has 0 saturated heterocycles. The maximum atomic E-state index is 12.5. The van der Waals surface area contributed by atoms with Gasteiger partial charge in [-0.2, -0.15) is 13.2 Å². The molecule has 1 heterocycles. The van der Waals surface area contributed by atoms with E-state index in [1.165, 1.54) is 6.20 Å². The van der Waals surface area contributed by atoms with E-state index >= 15 is 0 Å². The summed E-state index contributed by atoms with van der Waals surface area (Å²) in [6, 6.07) is -0.367. The van der Waals surface area contributed by atoms with Crippen molar-refractivity contribution in [1.29, 1.82) is 0 Å². The second-order valence-electron chi connectivity index (χ2n) is 4.73. The molecule has 8 heteroatoms. The molecule has 108 valence electrons. The largest absolute Gasteiger partial charge is 0.443 e. The predicted molar refractivity (Wildman–Crippen MR) is 65.4 cm³/mol. The third kappa shape index (κ3) is 3.07. The smallest absolute Gasteiger partial charge is 0.378 e. The Balaban J connectivity index is 2.11. The summed E-state index contributed by atoms with van der Waals surface area (Å²) in [6.07, 6.45) is 0.276. The van der Waals surface area contributed by atoms with Crippen molar-refractivity contribution in [2.45, 2.75) is 43.5 Å². The predicted octanol–water partition coefficient (Wildman–Crippen LogP) is 2.63. The molecular formula is C11H16F3N3OS. The van der Waals surface area contributed by atoms with E-state index in [1.807, 2.05) is 0 Å². The summed E-state index contributed by atoms with van der Waals surface area (Å²) in [6.45, 7) is 0. The fourth-order valence-corrected chi connectivity index (χ4v) is 3.10. The minimum absolute atomic E-state index is 0.264. The minimum Gasteiger partial charge on any atom is -0.378 e. The highest BCUT2D eigenvalue weighted by atomic mass is 32.1. The normalized spacial score (nSPS) is 20.1. The number of alkyl halides is 3. The summed E-state index contributed by atoms with van der Waals surface area (Å²) >= 11 is 0.624. The molecule has 1 aromatic heterocycles. The van der Waals surface area contributed by atoms with Crippen molar-refractivity contribution in [2.75, 3.05) is 7.11 Å². The Labute approximate surface area is 113 Å². The molecule has 0 bridgehead atoms. The van der Waals surface area contributed by atoms with Gasteiger partial charge in [-0.05, 0) is 25.7 Å². The number of nitrogens with two attached hydrogens (primary N) is 1. The molecule has 1 saturated carbocycles. The summed E-state index contributed by atoms with van der Waals surface area (Å²) in [5.74, 6) is 5.46. The quantitative estimate of drug-likeness (QED) is 0.647. The zero-order valence-corrected chi connectivity index (χ0v) is 11.3. The van der Waals surface area contributed by atoms with E-state index in [1.54, 1.807) is 7.11 Å². The van der Waals surface area contributed by atoms with Crippen LogP contribution in [0.15, 0.2) is 6.20 Å². The first-order chi connectivity index (χ1) is 8.90. The van der Waals surface area contributed by atoms with Gasteiger partial charge in [0.25, 0.3) is 0 Å². The van der Waals surface area contributed by atoms with Gasteiger partial charge in [-0.15, -0.1) is 11.3 Å². The van der Waals surface area contributed by atoms with Gasteiger partial charge in [-0.3, -0.25) is 11.3 Å². The molecule has 4 nitrogen and oxygen atoms in total. The molecule has 2 rings (SSSR count). The van der Waals surface area contributed by atoms with Crippen LogP contribution in [0, 0.1) is 0 Å². The number of hydrazine groups is 1. The first-order valence-corrected chi connectivity index (χ1v) is 6.76. The van der Waals surface area contributed by atoms with Crippen molar-refractivity contribution in [3.8, 4) is 0 Å². The van der Waals surface area contributed by atoms with Crippen LogP contribution in [-0.2, 0) is 10.9 Å². The second kappa shape index (κ2) is 5.35. The Morgan fingerprint density at radius 2 is 2.26 bits per heavy atom. The number of nitrogens with one attached hydrogen (secondary N) is 1. The maximum absolute atomic E-state index is 12.5. The zero-order chi connectivity index (χ0) is 14.1. The van der Waals surface area contributed by atoms with Crippen molar-refractivity contribution in [3.63, 3.8) is 0 Å². The highest BCUT2D eigenvalue weighted by Gasteiger charge is 2.40. The molecular weight excluding hydrogens is 279 g/mol. The lowest BCUT2D eigenvalue weighted by Gasteiger charge is -2.42. The van der Waals surface area contributed by atoms with E-state index in [9.17, 15) is 13.2 Å². The molecule has 1 aliphatic rings. The molecule has 3 N–H and O–H groups in total. The Morgan fingerprint density at radius 1 is 1.58 bits per heavy atom. The number of rotatable bonds is 5. The van der Waals surface area contributed by atoms with Crippen LogP contribution >= 0.6 is 11.3 Å². The number of hydrogen-bond acceptors (Lipinski definition) is 5. The van der Waals surface area contributed by atoms with Crippen LogP contribution in [0.25, 0.3) is 0 Å². The third-order valence-electron chi connectivity index (χ3n) is 3.58. The number of hydrogen-bond donors (Lipinski definition) is 2. The molecule has 1 unspecified atom stereocenters. The number of halogens is 3. The van der Waals surface area contributed by atoms with Crippen molar-refractivity contribution in [3.05, 3.63) is 16.1 Å². The van der Waals surface area contributed by atoms with Crippen molar-refractivity contribution >= 4 is 11.3 Å². The summed E-state index contributed by atoms with van der Waals surface area (Å²) < 4.78 is 43.0. The molecule has 1 atom stereocenters. The van der Waals surface area contributed by atoms with Crippen molar-refractivity contribution < 1.29 is 17.9 Å². The summed E-state index contributed by atoms with van der Waals surface area (Å²) in [5.41, 5.74) is 2.30. The highest BCUT2D eigenvalue weighted by molar-refractivity contribution is 7.11. The Kier molecular flexibility index (Phi) is 4.14. The fraction of sp³-hybridized carbons (Fsp3) is 0.727. The average molecular weight is 295 g/mol. The average Bonchev–Trinajstić information content (AvgIpc) is 2.78. The molecule has 1 aromatic rings. The van der Waals surface area contributed by atoms with Gasteiger partial charge in [-0.25, -0.2) is 4.98 Å². The van der Waals surface area contributed by atoms with Crippen molar-refractivity contribution in [2.24, 2.45) is 5.84 Å². The first-order valence-electron chi connectivity index (χ1n) is 5.94. The van der Waals surface area contributed by atoms with E-state index in [2.05, 4.69) is 10.4 Å². The Bertz CT molecular complexity index is 426. The minimum atomic E-state index is -4.41. The third-order valence-corrected chi connectivity index (χ3v) is 4.74. The van der Waals surface area contributed by atoms with Gasteiger partial charge in [0, 0.05) is 18.2 Å². The van der Waals surface area contributed by atoms with Crippen LogP contribution in [0.3, 0.4) is 0 Å². The van der Waals surface area contributed by atoms with Crippen LogP contribution in [0.5, 0.6) is 0 Å². The van der Waals surface area contributed by atoms with Crippen LogP contribution < -0.4 is 11.3 Å². The number of aromatic nitrogens is 1. The number of ether oxygens (including phenoxy) is 1. The summed E-state index contributed by atoms with van der Waals surface area (Å²) in [5, 5.41) is -0.845. The van der Waals surface area contributed by atoms with Crippen LogP contribution in [-0.4, -0.2) is 17.7 Å². The van der Waals surface area contributed by atoms with E-state index in [-0.39, 0.29) is 11.6 Å². The number of methoxy groups -OCH3 is 1. The van der Waals surface area contributed by atoms with E-state index in [0.29, 0.717) is 22.6 Å². The molecule has 1 aliphatic carbocycles. The standard InChI is InChI=1S/C11H16F3N3OS/c1-18-10(3-2-4-10)5-7(17-15)8-6-16-9(19-8)11(12,13)14/h6-7,17H,2-5,15H2,1H3. The zero-order valence-electron chi connectivity index (χ0n) is 10.5. The van der Waals surface area contributed by atoms with Crippen LogP contribution in [0.2, 0.25) is 0 Å². The summed E-state index contributed by atoms with van der Waals surface area (Å²) in [4.78, 5) is 3.90. The number of nitrogens with zero attached hydrogens (tertiary/aromatic N) is 1. The Morgan fingerprint density at radius 3 is 2.63 bits per heavy atom. The van der Waals surface area contributed by atoms with Gasteiger partial charge in [0.15, 0.2) is 5.01 Å². The molecule has 0 spiro atoms. The van der Waals surface area contributed by atoms with Gasteiger partial charge < -0.3 is 4.74 Å². The molecule has 0 aromatic carbocycles. The topological polar surface area (TPSA) is 60.2 Å². The van der Waals surface area contributed by atoms with Gasteiger partial charge in [-0.1, -0.05) is 0 Å². The number of thiazole rings is 1. The van der Waals surface area contributed by atoms with E-state index < -0.39 is 11.2 Å².